The molecule has 0 radical (unpaired) electrons. The van der Waals surface area contributed by atoms with Crippen molar-refractivity contribution >= 4 is 5.91 Å². The fraction of sp³-hybridized carbons (Fsp3) is 0.857. The van der Waals surface area contributed by atoms with Gasteiger partial charge in [0.2, 0.25) is 5.91 Å². The molecule has 0 unspecified atom stereocenters. The maximum Gasteiger partial charge on any atom is 0.222 e. The molecule has 1 saturated heterocycles. The average Bonchev–Trinajstić information content (AvgIpc) is 2.06. The Morgan fingerprint density at radius 3 is 3.18 bits per heavy atom. The van der Waals surface area contributed by atoms with Gasteiger partial charge in [-0.15, -0.1) is 0 Å². The monoisotopic (exact) mass is 158 g/mol. The van der Waals surface area contributed by atoms with Crippen LogP contribution in [0.25, 0.3) is 0 Å². The van der Waals surface area contributed by atoms with Gasteiger partial charge >= 0.3 is 0 Å². The molecule has 0 aliphatic carbocycles. The number of morpholine rings is 1. The molecule has 1 aliphatic rings. The summed E-state index contributed by atoms with van der Waals surface area (Å²) in [5.74, 6) is 0.0405. The average molecular weight is 158 g/mol. The molecule has 0 spiro atoms. The van der Waals surface area contributed by atoms with Crippen molar-refractivity contribution in [2.75, 3.05) is 26.7 Å². The third-order valence-electron chi connectivity index (χ3n) is 1.70. The van der Waals surface area contributed by atoms with Crippen molar-refractivity contribution in [1.29, 1.82) is 0 Å². The van der Waals surface area contributed by atoms with E-state index in [2.05, 4.69) is 10.6 Å². The summed E-state index contributed by atoms with van der Waals surface area (Å²) in [6, 6.07) is 0. The van der Waals surface area contributed by atoms with Gasteiger partial charge in [0.05, 0.1) is 19.1 Å². The Morgan fingerprint density at radius 2 is 2.64 bits per heavy atom. The lowest BCUT2D eigenvalue weighted by Gasteiger charge is -2.22. The highest BCUT2D eigenvalue weighted by Gasteiger charge is 2.15. The second-order valence-electron chi connectivity index (χ2n) is 2.57. The summed E-state index contributed by atoms with van der Waals surface area (Å²) in [5, 5.41) is 5.72. The van der Waals surface area contributed by atoms with Crippen LogP contribution in [0.1, 0.15) is 6.42 Å². The van der Waals surface area contributed by atoms with Crippen molar-refractivity contribution in [3.05, 3.63) is 0 Å². The van der Waals surface area contributed by atoms with Gasteiger partial charge in [-0.1, -0.05) is 0 Å². The third-order valence-corrected chi connectivity index (χ3v) is 1.70. The molecule has 1 fully saturated rings. The van der Waals surface area contributed by atoms with Gasteiger partial charge < -0.3 is 15.4 Å². The third kappa shape index (κ3) is 2.86. The summed E-state index contributed by atoms with van der Waals surface area (Å²) < 4.78 is 5.33. The van der Waals surface area contributed by atoms with Crippen LogP contribution in [0, 0.1) is 0 Å². The summed E-state index contributed by atoms with van der Waals surface area (Å²) in [6.07, 6.45) is 0.521. The van der Waals surface area contributed by atoms with Gasteiger partial charge in [-0.3, -0.25) is 4.79 Å². The van der Waals surface area contributed by atoms with E-state index >= 15 is 0 Å². The summed E-state index contributed by atoms with van der Waals surface area (Å²) in [7, 11) is 1.64. The predicted molar refractivity (Wildman–Crippen MR) is 41.3 cm³/mol. The Balaban J connectivity index is 2.19. The molecule has 0 bridgehead atoms. The summed E-state index contributed by atoms with van der Waals surface area (Å²) >= 11 is 0. The second kappa shape index (κ2) is 4.31. The largest absolute Gasteiger partial charge is 0.375 e. The van der Waals surface area contributed by atoms with Crippen LogP contribution < -0.4 is 10.6 Å². The van der Waals surface area contributed by atoms with Crippen molar-refractivity contribution in [1.82, 2.24) is 10.6 Å². The Kier molecular flexibility index (Phi) is 3.32. The molecule has 0 aromatic carbocycles. The quantitative estimate of drug-likeness (QED) is 0.548. The molecule has 1 aliphatic heterocycles. The minimum atomic E-state index is 0.0405. The summed E-state index contributed by atoms with van der Waals surface area (Å²) in [4.78, 5) is 10.9. The van der Waals surface area contributed by atoms with Crippen molar-refractivity contribution in [2.24, 2.45) is 0 Å². The molecule has 0 aromatic rings. The smallest absolute Gasteiger partial charge is 0.222 e. The fourth-order valence-corrected chi connectivity index (χ4v) is 1.06. The zero-order chi connectivity index (χ0) is 8.10. The molecule has 4 nitrogen and oxygen atoms in total. The SMILES string of the molecule is CNC(=O)C[C@@H]1CNCCO1. The molecule has 1 heterocycles. The van der Waals surface area contributed by atoms with Crippen molar-refractivity contribution < 1.29 is 9.53 Å². The zero-order valence-corrected chi connectivity index (χ0v) is 6.72. The zero-order valence-electron chi connectivity index (χ0n) is 6.72. The van der Waals surface area contributed by atoms with Crippen LogP contribution in [0.15, 0.2) is 0 Å². The Bertz CT molecular complexity index is 132. The van der Waals surface area contributed by atoms with Crippen LogP contribution in [0.3, 0.4) is 0 Å². The van der Waals surface area contributed by atoms with E-state index in [9.17, 15) is 4.79 Å². The van der Waals surface area contributed by atoms with E-state index in [1.165, 1.54) is 0 Å². The van der Waals surface area contributed by atoms with Gasteiger partial charge in [-0.2, -0.15) is 0 Å². The number of nitrogens with one attached hydrogen (secondary N) is 2. The number of hydrogen-bond acceptors (Lipinski definition) is 3. The molecule has 1 amide bonds. The van der Waals surface area contributed by atoms with Crippen molar-refractivity contribution in [3.8, 4) is 0 Å². The molecule has 0 saturated carbocycles. The van der Waals surface area contributed by atoms with Crippen LogP contribution >= 0.6 is 0 Å². The molecule has 4 heteroatoms. The van der Waals surface area contributed by atoms with Gasteiger partial charge in [0, 0.05) is 20.1 Å². The standard InChI is InChI=1S/C7H14N2O2/c1-8-7(10)4-6-5-9-2-3-11-6/h6,9H,2-5H2,1H3,(H,8,10)/t6-/m1/s1. The maximum atomic E-state index is 10.9. The highest BCUT2D eigenvalue weighted by atomic mass is 16.5. The second-order valence-corrected chi connectivity index (χ2v) is 2.57. The summed E-state index contributed by atoms with van der Waals surface area (Å²) in [6.45, 7) is 2.39. The molecule has 64 valence electrons. The minimum Gasteiger partial charge on any atom is -0.375 e. The maximum absolute atomic E-state index is 10.9. The normalized spacial score (nSPS) is 24.6. The van der Waals surface area contributed by atoms with Crippen LogP contribution in [0.2, 0.25) is 0 Å². The van der Waals surface area contributed by atoms with Crippen LogP contribution in [0.4, 0.5) is 0 Å². The first-order valence-corrected chi connectivity index (χ1v) is 3.86. The molecular weight excluding hydrogens is 144 g/mol. The highest BCUT2D eigenvalue weighted by molar-refractivity contribution is 5.76. The molecular formula is C7H14N2O2. The highest BCUT2D eigenvalue weighted by Crippen LogP contribution is 2.00. The first kappa shape index (κ1) is 8.49. The minimum absolute atomic E-state index is 0.0405. The van der Waals surface area contributed by atoms with Crippen LogP contribution in [-0.4, -0.2) is 38.8 Å². The van der Waals surface area contributed by atoms with Gasteiger partial charge in [0.15, 0.2) is 0 Å². The number of hydrogen-bond donors (Lipinski definition) is 2. The number of ether oxygens (including phenoxy) is 1. The molecule has 2 N–H and O–H groups in total. The van der Waals surface area contributed by atoms with Gasteiger partial charge in [0.25, 0.3) is 0 Å². The number of amides is 1. The molecule has 0 aromatic heterocycles. The fourth-order valence-electron chi connectivity index (χ4n) is 1.06. The Morgan fingerprint density at radius 1 is 1.82 bits per heavy atom. The van der Waals surface area contributed by atoms with Crippen LogP contribution in [-0.2, 0) is 9.53 Å². The number of rotatable bonds is 2. The molecule has 11 heavy (non-hydrogen) atoms. The Labute approximate surface area is 66.3 Å². The van der Waals surface area contributed by atoms with E-state index < -0.39 is 0 Å². The van der Waals surface area contributed by atoms with Crippen molar-refractivity contribution in [2.45, 2.75) is 12.5 Å². The first-order chi connectivity index (χ1) is 5.33. The van der Waals surface area contributed by atoms with E-state index in [1.54, 1.807) is 7.05 Å². The molecule has 1 rings (SSSR count). The van der Waals surface area contributed by atoms with E-state index in [0.29, 0.717) is 13.0 Å². The van der Waals surface area contributed by atoms with E-state index in [1.807, 2.05) is 0 Å². The van der Waals surface area contributed by atoms with Gasteiger partial charge in [0.1, 0.15) is 0 Å². The summed E-state index contributed by atoms with van der Waals surface area (Å²) in [5.41, 5.74) is 0. The predicted octanol–water partition coefficient (Wildman–Crippen LogP) is -0.889. The lowest BCUT2D eigenvalue weighted by molar-refractivity contribution is -0.123. The van der Waals surface area contributed by atoms with Gasteiger partial charge in [-0.25, -0.2) is 0 Å². The Hall–Kier alpha value is -0.610. The topological polar surface area (TPSA) is 50.4 Å². The number of carbonyl (C=O) groups is 1. The van der Waals surface area contributed by atoms with Gasteiger partial charge in [-0.05, 0) is 0 Å². The lowest BCUT2D eigenvalue weighted by atomic mass is 10.2. The lowest BCUT2D eigenvalue weighted by Crippen LogP contribution is -2.40. The molecule has 1 atom stereocenters. The van der Waals surface area contributed by atoms with E-state index in [-0.39, 0.29) is 12.0 Å². The van der Waals surface area contributed by atoms with E-state index in [4.69, 9.17) is 4.74 Å². The first-order valence-electron chi connectivity index (χ1n) is 3.86. The number of carbonyl (C=O) groups excluding carboxylic acids is 1. The van der Waals surface area contributed by atoms with Crippen molar-refractivity contribution in [3.63, 3.8) is 0 Å². The van der Waals surface area contributed by atoms with Crippen LogP contribution in [0.5, 0.6) is 0 Å². The van der Waals surface area contributed by atoms with E-state index in [0.717, 1.165) is 13.1 Å².